The number of nitrogens with zero attached hydrogens (tertiary/aromatic N) is 10. The number of nitrogens with one attached hydrogen (secondary N) is 5. The fourth-order valence-electron chi connectivity index (χ4n) is 13.6. The van der Waals surface area contributed by atoms with E-state index in [0.717, 1.165) is 50.6 Å². The number of nitrogen functional groups attached to an aromatic ring is 3. The van der Waals surface area contributed by atoms with Gasteiger partial charge in [-0.2, -0.15) is 39.5 Å². The van der Waals surface area contributed by atoms with Gasteiger partial charge in [0.05, 0.1) is 75.4 Å². The fourth-order valence-corrected chi connectivity index (χ4v) is 13.6. The number of piperazine rings is 3. The number of amides is 7. The number of ether oxygens (including phenoxy) is 2. The first-order valence-electron chi connectivity index (χ1n) is 42.5. The second kappa shape index (κ2) is 46.0. The van der Waals surface area contributed by atoms with Gasteiger partial charge in [0.2, 0.25) is 17.7 Å². The van der Waals surface area contributed by atoms with E-state index >= 15 is 0 Å². The quantitative estimate of drug-likeness (QED) is 0.0219. The Hall–Kier alpha value is -15.0. The van der Waals surface area contributed by atoms with Gasteiger partial charge in [0.15, 0.2) is 0 Å². The van der Waals surface area contributed by atoms with Crippen molar-refractivity contribution in [1.29, 1.82) is 0 Å². The number of carbonyl (C=O) groups is 8. The number of hydrogen-bond donors (Lipinski definition) is 9. The standard InChI is InChI=1S/C33H33F3N6O5.C28H25F3N6O3.C24H17F3N4O4.C9H18N2O2.CH2Cl2/c1-32(2,3)47-31(45)42-12-10-41(11-13-42)30(44)21-6-7-26(38-18-21)22-14-23-15-24(46-29(23)25(16-22)33(34,35)36)19-40-28(43)9-5-20-4-8-27(37)39-17-20;29-28(30,31)22-13-19(23-4-3-18(15-34-23)27(39)37-9-7-33-8-10-37)11-20-12-21(40-26(20)22)16-36-25(38)6-2-17-1-5-24(32)35-14-17;25-24(26,27)18-9-15(19-4-3-14(11-29-19)23(33)34)7-16-8-17(35-22(16)18)12-31-21(32)6-2-13-1-5-20(28)30-10-13;1-9(2,3)13-8(12)11-6-4-10-5-7-11;2-1-3/h4-9,14-18H,10-13,19H2,1-3H3,(H2,37,39)(H,40,43);1-6,11-15,33H,7-10,16H2,(H2,32,35)(H,36,38);1-11H,12H2,(H2,28,30)(H,31,32)(H,33,34);10H,4-7H2,1-3H3;1H2/b9-5+;2*6-2+;;. The van der Waals surface area contributed by atoms with Crippen molar-refractivity contribution in [3.8, 4) is 33.8 Å². The number of nitrogens with two attached hydrogens (primary N) is 3. The molecule has 0 atom stereocenters. The van der Waals surface area contributed by atoms with Crippen molar-refractivity contribution in [2.45, 2.75) is 90.9 Å². The molecule has 32 nitrogen and oxygen atoms in total. The summed E-state index contributed by atoms with van der Waals surface area (Å²) in [7, 11) is 0. The van der Waals surface area contributed by atoms with Crippen LogP contribution in [0.2, 0.25) is 0 Å². The smallest absolute Gasteiger partial charge is 0.420 e. The Bertz CT molecular complexity index is 6390. The molecule has 3 saturated heterocycles. The van der Waals surface area contributed by atoms with Gasteiger partial charge in [-0.05, 0) is 204 Å². The largest absolute Gasteiger partial charge is 0.478 e. The predicted octanol–water partition coefficient (Wildman–Crippen LogP) is 16.1. The topological polar surface area (TPSA) is 443 Å². The third-order valence-corrected chi connectivity index (χ3v) is 20.2. The summed E-state index contributed by atoms with van der Waals surface area (Å²) in [6.45, 7) is 17.5. The van der Waals surface area contributed by atoms with E-state index in [4.69, 9.17) is 68.2 Å². The number of alkyl halides is 11. The fraction of sp³-hybridized carbons (Fsp3) is 0.284. The van der Waals surface area contributed by atoms with E-state index in [1.807, 2.05) is 20.8 Å². The van der Waals surface area contributed by atoms with E-state index in [0.29, 0.717) is 92.1 Å². The number of aromatic carboxylic acids is 1. The number of carboxylic acid groups (broad SMARTS) is 1. The van der Waals surface area contributed by atoms with Crippen molar-refractivity contribution in [2.75, 3.05) is 101 Å². The molecular formula is C95H95Cl2F9N18O14. The maximum absolute atomic E-state index is 14.1. The van der Waals surface area contributed by atoms with E-state index in [2.05, 4.69) is 56.5 Å². The van der Waals surface area contributed by atoms with Crippen LogP contribution in [0.15, 0.2) is 196 Å². The van der Waals surface area contributed by atoms with Gasteiger partial charge in [-0.15, -0.1) is 23.2 Å². The van der Waals surface area contributed by atoms with Crippen LogP contribution in [-0.4, -0.2) is 197 Å². The van der Waals surface area contributed by atoms with Crippen molar-refractivity contribution >= 4 is 139 Å². The minimum atomic E-state index is -4.74. The molecule has 43 heteroatoms. The SMILES string of the molecule is CC(C)(C)OC(=O)N1CCN(C(=O)c2ccc(-c3cc(C(F)(F)F)c4oc(CNC(=O)/C=C/c5ccc(N)nc5)cc4c3)nc2)CC1.CC(C)(C)OC(=O)N1CCNCC1.ClCCl.Nc1ccc(/C=C/C(=O)NCc2cc3cc(-c4ccc(C(=O)N5CCNCC5)cn4)cc(C(F)(F)F)c3o2)cn1.Nc1ccc(/C=C/C(=O)NCc2cc3cc(-c4ccc(C(=O)O)cn4)cc(C(F)(F)F)c3o2)cn1. The average Bonchev–Trinajstić information content (AvgIpc) is 1.61. The minimum absolute atomic E-state index is 0.0890. The molecule has 0 unspecified atom stereocenters. The molecule has 3 aliphatic rings. The Labute approximate surface area is 793 Å². The highest BCUT2D eigenvalue weighted by atomic mass is 35.5. The number of rotatable bonds is 18. The third-order valence-electron chi connectivity index (χ3n) is 20.2. The molecule has 0 radical (unpaired) electrons. The van der Waals surface area contributed by atoms with Crippen molar-refractivity contribution in [3.63, 3.8) is 0 Å². The first-order chi connectivity index (χ1) is 65.3. The maximum atomic E-state index is 14.1. The zero-order chi connectivity index (χ0) is 100.0. The van der Waals surface area contributed by atoms with Gasteiger partial charge in [0.25, 0.3) is 11.8 Å². The van der Waals surface area contributed by atoms with Gasteiger partial charge in [0, 0.05) is 167 Å². The molecule has 0 spiro atoms. The van der Waals surface area contributed by atoms with E-state index in [-0.39, 0.29) is 144 Å². The lowest BCUT2D eigenvalue weighted by molar-refractivity contribution is -0.137. The molecule has 3 fully saturated rings. The third kappa shape index (κ3) is 30.0. The second-order valence-electron chi connectivity index (χ2n) is 32.9. The van der Waals surface area contributed by atoms with Gasteiger partial charge in [0.1, 0.15) is 62.7 Å². The molecule has 7 amide bonds. The molecule has 15 rings (SSSR count). The highest BCUT2D eigenvalue weighted by Gasteiger charge is 2.39. The normalized spacial score (nSPS) is 13.7. The molecule has 138 heavy (non-hydrogen) atoms. The number of hydrogen-bond acceptors (Lipinski definition) is 24. The molecule has 0 saturated carbocycles. The summed E-state index contributed by atoms with van der Waals surface area (Å²) in [5, 5.41) is 23.8. The van der Waals surface area contributed by atoms with Crippen molar-refractivity contribution in [2.24, 2.45) is 0 Å². The van der Waals surface area contributed by atoms with Crippen molar-refractivity contribution in [3.05, 3.63) is 250 Å². The molecule has 12 aromatic rings. The van der Waals surface area contributed by atoms with Crippen LogP contribution in [0.1, 0.15) is 123 Å². The summed E-state index contributed by atoms with van der Waals surface area (Å²) >= 11 is 9.53. The lowest BCUT2D eigenvalue weighted by Crippen LogP contribution is -2.51. The zero-order valence-electron chi connectivity index (χ0n) is 75.0. The monoisotopic (exact) mass is 1950 g/mol. The van der Waals surface area contributed by atoms with Gasteiger partial charge in [-0.25, -0.2) is 29.3 Å². The molecule has 3 aliphatic heterocycles. The Morgan fingerprint density at radius 2 is 0.681 bits per heavy atom. The summed E-state index contributed by atoms with van der Waals surface area (Å²) in [4.78, 5) is 128. The van der Waals surface area contributed by atoms with Crippen LogP contribution >= 0.6 is 23.2 Å². The number of pyridine rings is 6. The first-order valence-corrected chi connectivity index (χ1v) is 43.5. The van der Waals surface area contributed by atoms with Crippen molar-refractivity contribution in [1.82, 2.24) is 76.1 Å². The molecule has 9 aromatic heterocycles. The lowest BCUT2D eigenvalue weighted by Gasteiger charge is -2.35. The summed E-state index contributed by atoms with van der Waals surface area (Å²) < 4.78 is 153. The Kier molecular flexibility index (Phi) is 34.5. The van der Waals surface area contributed by atoms with Crippen LogP contribution in [0.4, 0.5) is 66.6 Å². The summed E-state index contributed by atoms with van der Waals surface area (Å²) in [5.74, 6) is -1.69. The highest BCUT2D eigenvalue weighted by Crippen LogP contribution is 2.43. The minimum Gasteiger partial charge on any atom is -0.478 e. The number of benzene rings is 3. The van der Waals surface area contributed by atoms with Crippen LogP contribution in [0.5, 0.6) is 0 Å². The van der Waals surface area contributed by atoms with Gasteiger partial charge < -0.3 is 91.2 Å². The molecule has 726 valence electrons. The summed E-state index contributed by atoms with van der Waals surface area (Å²) in [6.07, 6.45) is 1.80. The van der Waals surface area contributed by atoms with Crippen LogP contribution < -0.4 is 43.8 Å². The van der Waals surface area contributed by atoms with Crippen LogP contribution in [-0.2, 0) is 62.0 Å². The van der Waals surface area contributed by atoms with Crippen LogP contribution in [0, 0.1) is 0 Å². The number of fused-ring (bicyclic) bond motifs is 3. The number of halogens is 11. The Morgan fingerprint density at radius 1 is 0.399 bits per heavy atom. The molecule has 0 aliphatic carbocycles. The van der Waals surface area contributed by atoms with Gasteiger partial charge >= 0.3 is 36.7 Å². The summed E-state index contributed by atoms with van der Waals surface area (Å²) in [5.41, 5.74) is 15.2. The highest BCUT2D eigenvalue weighted by molar-refractivity contribution is 6.40. The van der Waals surface area contributed by atoms with E-state index < -0.39 is 70.6 Å². The number of furan rings is 3. The molecular weight excluding hydrogens is 1860 g/mol. The zero-order valence-corrected chi connectivity index (χ0v) is 76.5. The van der Waals surface area contributed by atoms with E-state index in [1.54, 1.807) is 77.9 Å². The molecule has 3 aromatic carbocycles. The van der Waals surface area contributed by atoms with E-state index in [1.165, 1.54) is 139 Å². The number of aromatic nitrogens is 6. The number of carboxylic acids is 1. The van der Waals surface area contributed by atoms with Crippen molar-refractivity contribution < 1.29 is 106 Å². The maximum Gasteiger partial charge on any atom is 0.420 e. The van der Waals surface area contributed by atoms with Gasteiger partial charge in [-0.3, -0.25) is 38.9 Å². The molecule has 12 heterocycles. The number of carbonyl (C=O) groups excluding carboxylic acids is 7. The molecule has 12 N–H and O–H groups in total. The molecule has 0 bridgehead atoms. The Morgan fingerprint density at radius 3 is 0.949 bits per heavy atom. The van der Waals surface area contributed by atoms with Crippen LogP contribution in [0.25, 0.3) is 84.9 Å². The lowest BCUT2D eigenvalue weighted by atomic mass is 10.0. The average molecular weight is 1950 g/mol. The number of anilines is 3. The summed E-state index contributed by atoms with van der Waals surface area (Å²) in [6, 6.07) is 30.0. The Balaban J connectivity index is 0.000000185. The first kappa shape index (κ1) is 104. The predicted molar refractivity (Wildman–Crippen MR) is 499 cm³/mol. The van der Waals surface area contributed by atoms with E-state index in [9.17, 15) is 77.9 Å². The van der Waals surface area contributed by atoms with Gasteiger partial charge in [-0.1, -0.05) is 0 Å². The van der Waals surface area contributed by atoms with Crippen LogP contribution in [0.3, 0.4) is 0 Å². The second-order valence-corrected chi connectivity index (χ2v) is 33.7.